The molecular formula is C26H24N6O. The van der Waals surface area contributed by atoms with E-state index in [0.717, 1.165) is 27.9 Å². The predicted molar refractivity (Wildman–Crippen MR) is 128 cm³/mol. The van der Waals surface area contributed by atoms with Gasteiger partial charge < -0.3 is 5.32 Å². The lowest BCUT2D eigenvalue weighted by Crippen LogP contribution is -2.15. The molecule has 0 bridgehead atoms. The standard InChI is InChI=1S/C26H24N6O/c1-18-8-10-20(11-9-18)16-32-25-23(15-28-32)22(14-19(2)29-25)26(33)30-24-7-4-3-6-21(24)17-31-13-5-12-27-31/h3-15H,16-17H2,1-2H3,(H,30,33). The fraction of sp³-hybridized carbons (Fsp3) is 0.154. The molecule has 0 aliphatic carbocycles. The van der Waals surface area contributed by atoms with Crippen LogP contribution in [0.5, 0.6) is 0 Å². The molecule has 3 aromatic heterocycles. The molecule has 5 aromatic rings. The zero-order chi connectivity index (χ0) is 22.8. The number of anilines is 1. The van der Waals surface area contributed by atoms with E-state index in [0.29, 0.717) is 24.3 Å². The molecule has 0 aliphatic rings. The highest BCUT2D eigenvalue weighted by Crippen LogP contribution is 2.22. The van der Waals surface area contributed by atoms with E-state index in [9.17, 15) is 4.79 Å². The number of amides is 1. The summed E-state index contributed by atoms with van der Waals surface area (Å²) in [5.74, 6) is -0.187. The van der Waals surface area contributed by atoms with Crippen LogP contribution in [-0.2, 0) is 13.1 Å². The van der Waals surface area contributed by atoms with Crippen LogP contribution in [-0.4, -0.2) is 30.5 Å². The van der Waals surface area contributed by atoms with Crippen molar-refractivity contribution in [3.05, 3.63) is 107 Å². The van der Waals surface area contributed by atoms with Crippen LogP contribution >= 0.6 is 0 Å². The van der Waals surface area contributed by atoms with Crippen LogP contribution in [0.25, 0.3) is 11.0 Å². The normalized spacial score (nSPS) is 11.1. The van der Waals surface area contributed by atoms with Gasteiger partial charge in [0.2, 0.25) is 0 Å². The first-order chi connectivity index (χ1) is 16.1. The molecule has 7 heteroatoms. The molecule has 0 radical (unpaired) electrons. The Hall–Kier alpha value is -4.26. The van der Waals surface area contributed by atoms with Crippen molar-refractivity contribution in [3.8, 4) is 0 Å². The van der Waals surface area contributed by atoms with Gasteiger partial charge in [-0.3, -0.25) is 9.48 Å². The Morgan fingerprint density at radius 1 is 0.970 bits per heavy atom. The fourth-order valence-corrected chi connectivity index (χ4v) is 3.88. The van der Waals surface area contributed by atoms with E-state index in [1.54, 1.807) is 12.4 Å². The van der Waals surface area contributed by atoms with Crippen molar-refractivity contribution < 1.29 is 4.79 Å². The number of rotatable bonds is 6. The van der Waals surface area contributed by atoms with Crippen molar-refractivity contribution in [3.63, 3.8) is 0 Å². The molecule has 2 aromatic carbocycles. The first-order valence-electron chi connectivity index (χ1n) is 10.8. The molecule has 33 heavy (non-hydrogen) atoms. The molecule has 7 nitrogen and oxygen atoms in total. The third-order valence-corrected chi connectivity index (χ3v) is 5.59. The number of carbonyl (C=O) groups is 1. The van der Waals surface area contributed by atoms with Crippen molar-refractivity contribution in [2.75, 3.05) is 5.32 Å². The van der Waals surface area contributed by atoms with Crippen molar-refractivity contribution in [2.24, 2.45) is 0 Å². The highest BCUT2D eigenvalue weighted by molar-refractivity contribution is 6.12. The summed E-state index contributed by atoms with van der Waals surface area (Å²) in [7, 11) is 0. The number of nitrogens with zero attached hydrogens (tertiary/aromatic N) is 5. The van der Waals surface area contributed by atoms with E-state index < -0.39 is 0 Å². The molecule has 1 amide bonds. The summed E-state index contributed by atoms with van der Waals surface area (Å²) < 4.78 is 3.67. The maximum atomic E-state index is 13.3. The lowest BCUT2D eigenvalue weighted by Gasteiger charge is -2.12. The largest absolute Gasteiger partial charge is 0.322 e. The van der Waals surface area contributed by atoms with Crippen LogP contribution in [0, 0.1) is 13.8 Å². The summed E-state index contributed by atoms with van der Waals surface area (Å²) in [5, 5.41) is 12.6. The number of hydrogen-bond acceptors (Lipinski definition) is 4. The minimum absolute atomic E-state index is 0.187. The first kappa shape index (κ1) is 20.6. The Labute approximate surface area is 191 Å². The molecule has 0 spiro atoms. The zero-order valence-electron chi connectivity index (χ0n) is 18.6. The number of fused-ring (bicyclic) bond motifs is 1. The molecule has 0 saturated carbocycles. The minimum atomic E-state index is -0.187. The maximum absolute atomic E-state index is 13.3. The van der Waals surface area contributed by atoms with Crippen LogP contribution in [0.3, 0.4) is 0 Å². The Kier molecular flexibility index (Phi) is 5.44. The van der Waals surface area contributed by atoms with Crippen molar-refractivity contribution in [1.82, 2.24) is 24.5 Å². The Bertz CT molecular complexity index is 1420. The molecule has 5 rings (SSSR count). The molecule has 0 fully saturated rings. The number of pyridine rings is 1. The molecule has 0 aliphatic heterocycles. The smallest absolute Gasteiger partial charge is 0.256 e. The third kappa shape index (κ3) is 4.39. The van der Waals surface area contributed by atoms with E-state index in [-0.39, 0.29) is 5.91 Å². The monoisotopic (exact) mass is 436 g/mol. The van der Waals surface area contributed by atoms with Gasteiger partial charge >= 0.3 is 0 Å². The SMILES string of the molecule is Cc1ccc(Cn2ncc3c(C(=O)Nc4ccccc4Cn4cccn4)cc(C)nc32)cc1. The maximum Gasteiger partial charge on any atom is 0.256 e. The Morgan fingerprint density at radius 2 is 1.79 bits per heavy atom. The molecule has 0 saturated heterocycles. The topological polar surface area (TPSA) is 77.6 Å². The summed E-state index contributed by atoms with van der Waals surface area (Å²) in [6, 6.07) is 19.8. The highest BCUT2D eigenvalue weighted by atomic mass is 16.1. The summed E-state index contributed by atoms with van der Waals surface area (Å²) in [4.78, 5) is 18.0. The summed E-state index contributed by atoms with van der Waals surface area (Å²) in [6.07, 6.45) is 5.36. The second kappa shape index (κ2) is 8.70. The van der Waals surface area contributed by atoms with Gasteiger partial charge in [-0.15, -0.1) is 0 Å². The van der Waals surface area contributed by atoms with Gasteiger partial charge in [0.05, 0.1) is 30.2 Å². The summed E-state index contributed by atoms with van der Waals surface area (Å²) in [6.45, 7) is 5.12. The molecular weight excluding hydrogens is 412 g/mol. The van der Waals surface area contributed by atoms with Crippen molar-refractivity contribution in [2.45, 2.75) is 26.9 Å². The first-order valence-corrected chi connectivity index (χ1v) is 10.8. The van der Waals surface area contributed by atoms with E-state index in [4.69, 9.17) is 0 Å². The van der Waals surface area contributed by atoms with Crippen LogP contribution in [0.2, 0.25) is 0 Å². The average Bonchev–Trinajstić information content (AvgIpc) is 3.46. The number of hydrogen-bond donors (Lipinski definition) is 1. The lowest BCUT2D eigenvalue weighted by atomic mass is 10.1. The molecule has 1 N–H and O–H groups in total. The van der Waals surface area contributed by atoms with E-state index in [1.807, 2.05) is 58.9 Å². The van der Waals surface area contributed by atoms with Crippen LogP contribution in [0.15, 0.2) is 79.3 Å². The van der Waals surface area contributed by atoms with Gasteiger partial charge in [0.15, 0.2) is 5.65 Å². The van der Waals surface area contributed by atoms with Gasteiger partial charge in [0.25, 0.3) is 5.91 Å². The molecule has 0 atom stereocenters. The van der Waals surface area contributed by atoms with Crippen molar-refractivity contribution >= 4 is 22.6 Å². The molecule has 0 unspecified atom stereocenters. The summed E-state index contributed by atoms with van der Waals surface area (Å²) >= 11 is 0. The van der Waals surface area contributed by atoms with Gasteiger partial charge in [0, 0.05) is 23.8 Å². The number of carbonyl (C=O) groups excluding carboxylic acids is 1. The third-order valence-electron chi connectivity index (χ3n) is 5.59. The lowest BCUT2D eigenvalue weighted by molar-refractivity contribution is 0.102. The van der Waals surface area contributed by atoms with Gasteiger partial charge in [0.1, 0.15) is 0 Å². The number of benzene rings is 2. The molecule has 3 heterocycles. The quantitative estimate of drug-likeness (QED) is 0.422. The Morgan fingerprint density at radius 3 is 2.58 bits per heavy atom. The number of para-hydroxylation sites is 1. The average molecular weight is 437 g/mol. The van der Waals surface area contributed by atoms with Gasteiger partial charge in [-0.2, -0.15) is 10.2 Å². The van der Waals surface area contributed by atoms with Gasteiger partial charge in [-0.1, -0.05) is 48.0 Å². The predicted octanol–water partition coefficient (Wildman–Crippen LogP) is 4.59. The van der Waals surface area contributed by atoms with Crippen LogP contribution < -0.4 is 5.32 Å². The summed E-state index contributed by atoms with van der Waals surface area (Å²) in [5.41, 5.74) is 6.10. The zero-order valence-corrected chi connectivity index (χ0v) is 18.6. The number of aryl methyl sites for hydroxylation is 2. The number of aromatic nitrogens is 5. The second-order valence-corrected chi connectivity index (χ2v) is 8.15. The van der Waals surface area contributed by atoms with Gasteiger partial charge in [-0.05, 0) is 43.2 Å². The molecule has 164 valence electrons. The van der Waals surface area contributed by atoms with E-state index in [1.165, 1.54) is 5.56 Å². The fourth-order valence-electron chi connectivity index (χ4n) is 3.88. The highest BCUT2D eigenvalue weighted by Gasteiger charge is 2.17. The second-order valence-electron chi connectivity index (χ2n) is 8.15. The number of nitrogens with one attached hydrogen (secondary N) is 1. The van der Waals surface area contributed by atoms with E-state index >= 15 is 0 Å². The van der Waals surface area contributed by atoms with Crippen LogP contribution in [0.4, 0.5) is 5.69 Å². The van der Waals surface area contributed by atoms with Crippen LogP contribution in [0.1, 0.15) is 32.7 Å². The van der Waals surface area contributed by atoms with Crippen molar-refractivity contribution in [1.29, 1.82) is 0 Å². The van der Waals surface area contributed by atoms with Gasteiger partial charge in [-0.25, -0.2) is 9.67 Å². The minimum Gasteiger partial charge on any atom is -0.322 e. The Balaban J connectivity index is 1.45. The van der Waals surface area contributed by atoms with E-state index in [2.05, 4.69) is 51.7 Å².